The Labute approximate surface area is 205 Å². The van der Waals surface area contributed by atoms with E-state index in [9.17, 15) is 19.2 Å². The van der Waals surface area contributed by atoms with Crippen LogP contribution < -0.4 is 11.3 Å². The number of thiophene rings is 1. The second kappa shape index (κ2) is 10.9. The van der Waals surface area contributed by atoms with Crippen LogP contribution in [0, 0.1) is 5.92 Å². The molecule has 3 heterocycles. The number of nitrogens with zero attached hydrogens (tertiary/aromatic N) is 1. The Bertz CT molecular complexity index is 1280. The number of carbonyl (C=O) groups is 3. The zero-order valence-electron chi connectivity index (χ0n) is 20.0. The molecular weight excluding hydrogens is 472 g/mol. The lowest BCUT2D eigenvalue weighted by Crippen LogP contribution is -2.30. The fourth-order valence-electron chi connectivity index (χ4n) is 3.65. The van der Waals surface area contributed by atoms with E-state index in [1.54, 1.807) is 32.9 Å². The molecule has 0 saturated carbocycles. The van der Waals surface area contributed by atoms with Crippen molar-refractivity contribution in [2.75, 3.05) is 5.73 Å². The van der Waals surface area contributed by atoms with Crippen LogP contribution in [0.3, 0.4) is 0 Å². The number of nitrogens with two attached hydrogens (primary N) is 1. The predicted molar refractivity (Wildman–Crippen MR) is 133 cm³/mol. The number of aliphatic carboxylic acids is 1. The van der Waals surface area contributed by atoms with Gasteiger partial charge in [0.2, 0.25) is 5.95 Å². The van der Waals surface area contributed by atoms with Crippen LogP contribution in [0.5, 0.6) is 0 Å². The van der Waals surface area contributed by atoms with Crippen LogP contribution in [0.2, 0.25) is 0 Å². The van der Waals surface area contributed by atoms with Gasteiger partial charge in [-0.15, -0.1) is 11.3 Å². The molecule has 3 aromatic rings. The minimum Gasteiger partial charge on any atom is -0.481 e. The number of carbonyl (C=O) groups excluding carboxylic acids is 2. The topological polar surface area (TPSA) is 168 Å². The molecule has 35 heavy (non-hydrogen) atoms. The standard InChI is InChI=1S/C24H30N4O6S/c1-24(2,3)34-22(33)13(7-10-19(30)31)11-17(29)18-9-8-15(35-18)6-4-5-14-12-16-20(26-14)27-23(25)28-21(16)32/h8-9,12-13H,4-7,10-11H2,1-3H3,(H,30,31)(H4,25,26,27,28,32)/t13-/m1/s1. The lowest BCUT2D eigenvalue weighted by atomic mass is 9.96. The number of hydrogen-bond acceptors (Lipinski definition) is 8. The molecule has 0 unspecified atom stereocenters. The molecule has 3 aromatic heterocycles. The summed E-state index contributed by atoms with van der Waals surface area (Å²) in [4.78, 5) is 59.5. The van der Waals surface area contributed by atoms with Crippen LogP contribution in [0.4, 0.5) is 5.95 Å². The Hall–Kier alpha value is -3.47. The summed E-state index contributed by atoms with van der Waals surface area (Å²) in [6.07, 6.45) is 1.94. The van der Waals surface area contributed by atoms with E-state index < -0.39 is 23.5 Å². The third kappa shape index (κ3) is 7.51. The number of nitrogens with one attached hydrogen (secondary N) is 2. The maximum atomic E-state index is 12.8. The number of hydrogen-bond donors (Lipinski definition) is 4. The third-order valence-electron chi connectivity index (χ3n) is 5.26. The van der Waals surface area contributed by atoms with E-state index in [0.29, 0.717) is 22.3 Å². The number of carboxylic acids is 1. The Morgan fingerprint density at radius 1 is 1.20 bits per heavy atom. The van der Waals surface area contributed by atoms with Crippen LogP contribution >= 0.6 is 11.3 Å². The molecule has 10 nitrogen and oxygen atoms in total. The largest absolute Gasteiger partial charge is 0.481 e. The number of H-pyrrole nitrogens is 2. The molecule has 0 amide bonds. The highest BCUT2D eigenvalue weighted by molar-refractivity contribution is 7.14. The van der Waals surface area contributed by atoms with Gasteiger partial charge in [-0.2, -0.15) is 4.98 Å². The molecule has 0 fully saturated rings. The van der Waals surface area contributed by atoms with Crippen LogP contribution in [-0.2, 0) is 27.2 Å². The highest BCUT2D eigenvalue weighted by Crippen LogP contribution is 2.25. The van der Waals surface area contributed by atoms with Gasteiger partial charge in [-0.05, 0) is 64.7 Å². The lowest BCUT2D eigenvalue weighted by Gasteiger charge is -2.23. The summed E-state index contributed by atoms with van der Waals surface area (Å²) in [6.45, 7) is 5.19. The van der Waals surface area contributed by atoms with Gasteiger partial charge in [0.15, 0.2) is 5.78 Å². The summed E-state index contributed by atoms with van der Waals surface area (Å²) in [5.41, 5.74) is 5.89. The maximum absolute atomic E-state index is 12.8. The first-order chi connectivity index (χ1) is 16.4. The van der Waals surface area contributed by atoms with E-state index in [-0.39, 0.29) is 36.6 Å². The van der Waals surface area contributed by atoms with Gasteiger partial charge in [0.1, 0.15) is 11.2 Å². The second-order valence-corrected chi connectivity index (χ2v) is 10.6. The number of fused-ring (bicyclic) bond motifs is 1. The van der Waals surface area contributed by atoms with Crippen molar-refractivity contribution in [1.29, 1.82) is 0 Å². The Balaban J connectivity index is 1.58. The quantitative estimate of drug-likeness (QED) is 0.228. The van der Waals surface area contributed by atoms with E-state index >= 15 is 0 Å². The van der Waals surface area contributed by atoms with Crippen LogP contribution in [-0.4, -0.2) is 43.4 Å². The fraction of sp³-hybridized carbons (Fsp3) is 0.458. The number of rotatable bonds is 11. The van der Waals surface area contributed by atoms with Crippen molar-refractivity contribution in [3.05, 3.63) is 44.0 Å². The van der Waals surface area contributed by atoms with Gasteiger partial charge < -0.3 is 20.6 Å². The molecule has 0 spiro atoms. The molecule has 188 valence electrons. The van der Waals surface area contributed by atoms with Gasteiger partial charge in [-0.1, -0.05) is 0 Å². The Morgan fingerprint density at radius 2 is 1.94 bits per heavy atom. The summed E-state index contributed by atoms with van der Waals surface area (Å²) in [7, 11) is 0. The average Bonchev–Trinajstić information content (AvgIpc) is 3.36. The molecule has 5 N–H and O–H groups in total. The monoisotopic (exact) mass is 502 g/mol. The van der Waals surface area contributed by atoms with Crippen molar-refractivity contribution in [2.24, 2.45) is 5.92 Å². The molecule has 0 bridgehead atoms. The molecule has 0 aromatic carbocycles. The Morgan fingerprint density at radius 3 is 2.63 bits per heavy atom. The van der Waals surface area contributed by atoms with Gasteiger partial charge in [0.25, 0.3) is 5.56 Å². The zero-order valence-corrected chi connectivity index (χ0v) is 20.8. The summed E-state index contributed by atoms with van der Waals surface area (Å²) in [6, 6.07) is 5.38. The summed E-state index contributed by atoms with van der Waals surface area (Å²) < 4.78 is 5.39. The number of Topliss-reactive ketones (excluding diaryl/α,β-unsaturated/α-hetero) is 1. The first-order valence-electron chi connectivity index (χ1n) is 11.3. The van der Waals surface area contributed by atoms with E-state index in [0.717, 1.165) is 23.4 Å². The number of nitrogen functional groups attached to an aromatic ring is 1. The molecule has 0 aliphatic rings. The van der Waals surface area contributed by atoms with E-state index in [4.69, 9.17) is 15.6 Å². The molecule has 0 aliphatic carbocycles. The minimum absolute atomic E-state index is 0.0437. The van der Waals surface area contributed by atoms with E-state index in [1.807, 2.05) is 6.07 Å². The van der Waals surface area contributed by atoms with Gasteiger partial charge in [-0.25, -0.2) is 0 Å². The molecule has 1 atom stereocenters. The fourth-order valence-corrected chi connectivity index (χ4v) is 4.65. The van der Waals surface area contributed by atoms with Crippen LogP contribution in [0.1, 0.15) is 66.7 Å². The van der Waals surface area contributed by atoms with E-state index in [1.165, 1.54) is 11.3 Å². The first-order valence-corrected chi connectivity index (χ1v) is 12.2. The average molecular weight is 503 g/mol. The van der Waals surface area contributed by atoms with E-state index in [2.05, 4.69) is 15.0 Å². The Kier molecular flexibility index (Phi) is 8.11. The summed E-state index contributed by atoms with van der Waals surface area (Å²) in [5.74, 6) is -2.54. The number of aromatic nitrogens is 3. The number of esters is 1. The minimum atomic E-state index is -1.02. The van der Waals surface area contributed by atoms with Gasteiger partial charge in [-0.3, -0.25) is 24.2 Å². The molecule has 3 rings (SSSR count). The molecule has 0 radical (unpaired) electrons. The highest BCUT2D eigenvalue weighted by atomic mass is 32.1. The zero-order chi connectivity index (χ0) is 25.8. The number of aromatic amines is 2. The number of anilines is 1. The van der Waals surface area contributed by atoms with Crippen molar-refractivity contribution < 1.29 is 24.2 Å². The van der Waals surface area contributed by atoms with Crippen molar-refractivity contribution in [1.82, 2.24) is 15.0 Å². The normalized spacial score (nSPS) is 12.5. The van der Waals surface area contributed by atoms with Gasteiger partial charge >= 0.3 is 11.9 Å². The van der Waals surface area contributed by atoms with Crippen molar-refractivity contribution >= 4 is 46.0 Å². The first kappa shape index (κ1) is 26.1. The summed E-state index contributed by atoms with van der Waals surface area (Å²) >= 11 is 1.36. The second-order valence-electron chi connectivity index (χ2n) is 9.42. The molecule has 0 saturated heterocycles. The van der Waals surface area contributed by atoms with Crippen molar-refractivity contribution in [2.45, 2.75) is 64.9 Å². The van der Waals surface area contributed by atoms with Crippen molar-refractivity contribution in [3.8, 4) is 0 Å². The van der Waals surface area contributed by atoms with Gasteiger partial charge in [0.05, 0.1) is 16.2 Å². The molecular formula is C24H30N4O6S. The number of ether oxygens (including phenoxy) is 1. The van der Waals surface area contributed by atoms with Gasteiger partial charge in [0, 0.05) is 23.4 Å². The highest BCUT2D eigenvalue weighted by Gasteiger charge is 2.28. The predicted octanol–water partition coefficient (Wildman–Crippen LogP) is 3.47. The lowest BCUT2D eigenvalue weighted by molar-refractivity contribution is -0.160. The maximum Gasteiger partial charge on any atom is 0.309 e. The SMILES string of the molecule is CC(C)(C)OC(=O)[C@H](CCC(=O)O)CC(=O)c1ccc(CCCc2cc3c(=O)[nH]c(N)nc3[nH]2)s1. The van der Waals surface area contributed by atoms with Crippen molar-refractivity contribution in [3.63, 3.8) is 0 Å². The van der Waals surface area contributed by atoms with Crippen LogP contribution in [0.15, 0.2) is 23.0 Å². The third-order valence-corrected chi connectivity index (χ3v) is 6.44. The smallest absolute Gasteiger partial charge is 0.309 e. The molecule has 0 aliphatic heterocycles. The number of aryl methyl sites for hydroxylation is 2. The number of ketones is 1. The van der Waals surface area contributed by atoms with Crippen LogP contribution in [0.25, 0.3) is 11.0 Å². The number of carboxylic acid groups (broad SMARTS) is 1. The molecule has 11 heteroatoms. The summed E-state index contributed by atoms with van der Waals surface area (Å²) in [5, 5.41) is 9.46.